The second kappa shape index (κ2) is 18.3. The monoisotopic (exact) mass is 681 g/mol. The van der Waals surface area contributed by atoms with Gasteiger partial charge < -0.3 is 31.1 Å². The number of aldehydes is 1. The van der Waals surface area contributed by atoms with E-state index in [2.05, 4.69) is 24.9 Å². The Kier molecular flexibility index (Phi) is 14.3. The SMILES string of the molecule is C/C(=C(/CCOC(=O)c1cccnc1)SS/C(CCO)=C(/C=O)N(C=O)Cc1cnc(C)nc1N)N(C=O)Cc1cnc(C)nc1N. The molecule has 3 aromatic heterocycles. The molecule has 0 aliphatic carbocycles. The number of carbonyl (C=O) groups excluding carboxylic acids is 4. The fourth-order valence-corrected chi connectivity index (χ4v) is 6.76. The van der Waals surface area contributed by atoms with Crippen LogP contribution < -0.4 is 11.5 Å². The molecule has 0 bridgehead atoms. The van der Waals surface area contributed by atoms with Crippen molar-refractivity contribution in [1.29, 1.82) is 0 Å². The van der Waals surface area contributed by atoms with Gasteiger partial charge in [-0.15, -0.1) is 0 Å². The summed E-state index contributed by atoms with van der Waals surface area (Å²) in [6, 6.07) is 3.19. The third kappa shape index (κ3) is 10.6. The van der Waals surface area contributed by atoms with Crippen molar-refractivity contribution in [2.75, 3.05) is 24.7 Å². The van der Waals surface area contributed by atoms with E-state index in [1.807, 2.05) is 0 Å². The molecule has 0 atom stereocenters. The van der Waals surface area contributed by atoms with Gasteiger partial charge in [-0.05, 0) is 32.9 Å². The third-order valence-corrected chi connectivity index (χ3v) is 9.41. The number of hydrogen-bond acceptors (Lipinski definition) is 15. The molecule has 0 aliphatic heterocycles. The first-order valence-electron chi connectivity index (χ1n) is 14.1. The molecule has 17 heteroatoms. The number of aromatic nitrogens is 5. The van der Waals surface area contributed by atoms with Crippen molar-refractivity contribution in [3.05, 3.63) is 86.5 Å². The molecule has 0 fully saturated rings. The molecular weight excluding hydrogens is 647 g/mol. The first-order valence-corrected chi connectivity index (χ1v) is 16.3. The lowest BCUT2D eigenvalue weighted by molar-refractivity contribution is -0.119. The lowest BCUT2D eigenvalue weighted by Gasteiger charge is -2.23. The summed E-state index contributed by atoms with van der Waals surface area (Å²) in [7, 11) is 2.29. The second-order valence-electron chi connectivity index (χ2n) is 9.82. The standard InChI is InChI=1S/C30H35N9O6S2/c1-19(38(17-42)14-23-12-34-20(2)36-28(23)31)26(7-10-45-30(44)22-5-4-8-33-11-22)46-47-27(6-9-40)25(16-41)39(18-43)15-24-13-35-21(3)37-29(24)32/h4-5,8,11-13,16-18,40H,6-7,9-10,14-15H2,1-3H3,(H2,31,34,36)(H2,32,35,37)/b26-19+,27-25-. The largest absolute Gasteiger partial charge is 0.462 e. The number of nitrogens with two attached hydrogens (primary N) is 2. The normalized spacial score (nSPS) is 12.0. The van der Waals surface area contributed by atoms with Gasteiger partial charge in [-0.1, -0.05) is 21.6 Å². The Morgan fingerprint density at radius 3 is 2.02 bits per heavy atom. The van der Waals surface area contributed by atoms with Crippen LogP contribution in [0.2, 0.25) is 0 Å². The van der Waals surface area contributed by atoms with Crippen LogP contribution in [0.1, 0.15) is 52.9 Å². The van der Waals surface area contributed by atoms with Gasteiger partial charge in [0.2, 0.25) is 12.8 Å². The van der Waals surface area contributed by atoms with Crippen LogP contribution >= 0.6 is 21.6 Å². The fourth-order valence-electron chi connectivity index (χ4n) is 4.00. The zero-order valence-corrected chi connectivity index (χ0v) is 27.7. The van der Waals surface area contributed by atoms with Crippen LogP contribution in [0.4, 0.5) is 11.6 Å². The number of amides is 2. The number of aliphatic hydroxyl groups is 1. The summed E-state index contributed by atoms with van der Waals surface area (Å²) in [5.74, 6) is 0.745. The zero-order chi connectivity index (χ0) is 34.3. The number of pyridine rings is 1. The van der Waals surface area contributed by atoms with E-state index in [1.165, 1.54) is 40.5 Å². The predicted octanol–water partition coefficient (Wildman–Crippen LogP) is 2.71. The van der Waals surface area contributed by atoms with Gasteiger partial charge in [0.05, 0.1) is 31.0 Å². The smallest absolute Gasteiger partial charge is 0.339 e. The van der Waals surface area contributed by atoms with E-state index >= 15 is 0 Å². The lowest BCUT2D eigenvalue weighted by Crippen LogP contribution is -2.24. The first kappa shape index (κ1) is 36.6. The molecule has 0 aliphatic rings. The molecule has 3 rings (SSSR count). The molecule has 15 nitrogen and oxygen atoms in total. The van der Waals surface area contributed by atoms with Gasteiger partial charge in [0.15, 0.2) is 6.29 Å². The average Bonchev–Trinajstić information content (AvgIpc) is 3.06. The van der Waals surface area contributed by atoms with Crippen molar-refractivity contribution in [3.8, 4) is 0 Å². The quantitative estimate of drug-likeness (QED) is 0.0760. The van der Waals surface area contributed by atoms with Crippen molar-refractivity contribution in [1.82, 2.24) is 34.7 Å². The highest BCUT2D eigenvalue weighted by Crippen LogP contribution is 2.42. The maximum atomic E-state index is 12.6. The maximum absolute atomic E-state index is 12.6. The van der Waals surface area contributed by atoms with Gasteiger partial charge in [-0.3, -0.25) is 19.4 Å². The van der Waals surface area contributed by atoms with Gasteiger partial charge in [0, 0.05) is 70.9 Å². The number of nitrogens with zero attached hydrogens (tertiary/aromatic N) is 7. The van der Waals surface area contributed by atoms with Crippen molar-refractivity contribution in [3.63, 3.8) is 0 Å². The second-order valence-corrected chi connectivity index (χ2v) is 12.1. The minimum absolute atomic E-state index is 0.00311. The summed E-state index contributed by atoms with van der Waals surface area (Å²) in [4.78, 5) is 73.4. The molecule has 0 spiro atoms. The molecule has 3 heterocycles. The average molecular weight is 682 g/mol. The Hall–Kier alpha value is -4.87. The predicted molar refractivity (Wildman–Crippen MR) is 177 cm³/mol. The maximum Gasteiger partial charge on any atom is 0.339 e. The van der Waals surface area contributed by atoms with Crippen LogP contribution in [-0.4, -0.2) is 78.1 Å². The molecular formula is C30H35N9O6S2. The Morgan fingerprint density at radius 2 is 1.51 bits per heavy atom. The highest BCUT2D eigenvalue weighted by Gasteiger charge is 2.20. The van der Waals surface area contributed by atoms with Crippen molar-refractivity contribution in [2.24, 2.45) is 0 Å². The third-order valence-electron chi connectivity index (χ3n) is 6.56. The highest BCUT2D eigenvalue weighted by atomic mass is 33.1. The minimum Gasteiger partial charge on any atom is -0.462 e. The number of ether oxygens (including phenoxy) is 1. The van der Waals surface area contributed by atoms with Gasteiger partial charge in [-0.25, -0.2) is 24.7 Å². The number of esters is 1. The Balaban J connectivity index is 1.93. The van der Waals surface area contributed by atoms with Crippen molar-refractivity contribution >= 4 is 58.3 Å². The fraction of sp³-hybridized carbons (Fsp3) is 0.300. The first-order chi connectivity index (χ1) is 22.6. The van der Waals surface area contributed by atoms with Gasteiger partial charge >= 0.3 is 5.97 Å². The summed E-state index contributed by atoms with van der Waals surface area (Å²) in [5.41, 5.74) is 13.8. The van der Waals surface area contributed by atoms with E-state index < -0.39 is 5.97 Å². The number of anilines is 2. The Labute approximate surface area is 279 Å². The van der Waals surface area contributed by atoms with Crippen LogP contribution in [0.5, 0.6) is 0 Å². The van der Waals surface area contributed by atoms with Gasteiger partial charge in [0.25, 0.3) is 0 Å². The van der Waals surface area contributed by atoms with E-state index in [9.17, 15) is 24.3 Å². The minimum atomic E-state index is -0.574. The van der Waals surface area contributed by atoms with E-state index in [-0.39, 0.29) is 62.0 Å². The molecule has 0 saturated carbocycles. The molecule has 3 aromatic rings. The van der Waals surface area contributed by atoms with E-state index in [4.69, 9.17) is 16.2 Å². The zero-order valence-electron chi connectivity index (χ0n) is 26.0. The highest BCUT2D eigenvalue weighted by molar-refractivity contribution is 8.79. The van der Waals surface area contributed by atoms with E-state index in [0.717, 1.165) is 15.7 Å². The number of aliphatic hydroxyl groups excluding tert-OH is 1. The summed E-state index contributed by atoms with van der Waals surface area (Å²) in [6.07, 6.45) is 7.77. The summed E-state index contributed by atoms with van der Waals surface area (Å²) >= 11 is 0. The van der Waals surface area contributed by atoms with Crippen LogP contribution in [0.3, 0.4) is 0 Å². The number of carbonyl (C=O) groups is 4. The van der Waals surface area contributed by atoms with Crippen LogP contribution in [-0.2, 0) is 32.2 Å². The number of allylic oxidation sites excluding steroid dienone is 2. The topological polar surface area (TPSA) is 221 Å². The summed E-state index contributed by atoms with van der Waals surface area (Å²) in [6.45, 7) is 4.67. The van der Waals surface area contributed by atoms with E-state index in [1.54, 1.807) is 32.9 Å². The molecule has 248 valence electrons. The lowest BCUT2D eigenvalue weighted by atomic mass is 10.2. The Morgan fingerprint density at radius 1 is 0.915 bits per heavy atom. The number of nitrogen functional groups attached to an aromatic ring is 2. The molecule has 5 N–H and O–H groups in total. The van der Waals surface area contributed by atoms with Crippen LogP contribution in [0.25, 0.3) is 0 Å². The van der Waals surface area contributed by atoms with Crippen LogP contribution in [0.15, 0.2) is 58.1 Å². The van der Waals surface area contributed by atoms with Crippen molar-refractivity contribution in [2.45, 2.75) is 46.7 Å². The number of rotatable bonds is 18. The molecule has 0 unspecified atom stereocenters. The molecule has 0 aromatic carbocycles. The Bertz CT molecular complexity index is 1640. The van der Waals surface area contributed by atoms with Gasteiger partial charge in [-0.2, -0.15) is 0 Å². The van der Waals surface area contributed by atoms with E-state index in [0.29, 0.717) is 57.4 Å². The number of aryl methyl sites for hydroxylation is 2. The molecule has 0 saturated heterocycles. The van der Waals surface area contributed by atoms with Gasteiger partial charge in [0.1, 0.15) is 23.3 Å². The molecule has 47 heavy (non-hydrogen) atoms. The summed E-state index contributed by atoms with van der Waals surface area (Å²) in [5, 5.41) is 9.85. The molecule has 2 amide bonds. The van der Waals surface area contributed by atoms with Crippen molar-refractivity contribution < 1.29 is 29.0 Å². The number of hydrogen-bond donors (Lipinski definition) is 3. The molecule has 0 radical (unpaired) electrons. The summed E-state index contributed by atoms with van der Waals surface area (Å²) < 4.78 is 5.47. The van der Waals surface area contributed by atoms with Crippen LogP contribution in [0, 0.1) is 13.8 Å².